The molecule has 0 aromatic rings. The van der Waals surface area contributed by atoms with Crippen molar-refractivity contribution in [3.8, 4) is 0 Å². The van der Waals surface area contributed by atoms with E-state index in [1.807, 2.05) is 27.7 Å². The molecule has 0 fully saturated rings. The van der Waals surface area contributed by atoms with E-state index in [1.165, 1.54) is 0 Å². The van der Waals surface area contributed by atoms with Crippen LogP contribution >= 0.6 is 11.6 Å². The Morgan fingerprint density at radius 2 is 2.08 bits per heavy atom. The lowest BCUT2D eigenvalue weighted by atomic mass is 10.2. The van der Waals surface area contributed by atoms with Crippen LogP contribution in [-0.4, -0.2) is 23.6 Å². The Bertz CT molecular complexity index is 161. The number of halogens is 1. The molecule has 0 saturated carbocycles. The maximum Gasteiger partial charge on any atom is 0.407 e. The molecule has 0 saturated heterocycles. The lowest BCUT2D eigenvalue weighted by Crippen LogP contribution is -2.39. The van der Waals surface area contributed by atoms with Crippen LogP contribution in [0.1, 0.15) is 34.1 Å². The van der Waals surface area contributed by atoms with E-state index in [4.69, 9.17) is 16.3 Å². The fraction of sp³-hybridized carbons (Fsp3) is 0.889. The minimum absolute atomic E-state index is 0.00323. The standard InChI is InChI=1S/C9H18ClNO2/c1-5-7(6-10)11-8(12)13-9(2,3)4/h7H,5-6H2,1-4H3,(H,11,12)/t7-/m0/s1. The van der Waals surface area contributed by atoms with Gasteiger partial charge in [-0.3, -0.25) is 0 Å². The topological polar surface area (TPSA) is 38.3 Å². The maximum atomic E-state index is 11.2. The molecule has 0 aliphatic heterocycles. The molecule has 0 bridgehead atoms. The van der Waals surface area contributed by atoms with E-state index in [-0.39, 0.29) is 6.04 Å². The highest BCUT2D eigenvalue weighted by Crippen LogP contribution is 2.07. The molecule has 1 atom stereocenters. The monoisotopic (exact) mass is 207 g/mol. The average Bonchev–Trinajstić information content (AvgIpc) is 1.96. The summed E-state index contributed by atoms with van der Waals surface area (Å²) in [7, 11) is 0. The van der Waals surface area contributed by atoms with Crippen LogP contribution in [-0.2, 0) is 4.74 Å². The van der Waals surface area contributed by atoms with E-state index in [0.717, 1.165) is 6.42 Å². The summed E-state index contributed by atoms with van der Waals surface area (Å²) < 4.78 is 5.06. The number of alkyl carbamates (subject to hydrolysis) is 1. The number of nitrogens with one attached hydrogen (secondary N) is 1. The number of rotatable bonds is 3. The predicted octanol–water partition coefficient (Wildman–Crippen LogP) is 2.53. The van der Waals surface area contributed by atoms with Gasteiger partial charge >= 0.3 is 6.09 Å². The molecule has 0 unspecified atom stereocenters. The first-order chi connectivity index (χ1) is 5.89. The fourth-order valence-corrected chi connectivity index (χ4v) is 1.02. The van der Waals surface area contributed by atoms with Crippen LogP contribution in [0, 0.1) is 0 Å². The van der Waals surface area contributed by atoms with Gasteiger partial charge < -0.3 is 10.1 Å². The van der Waals surface area contributed by atoms with Gasteiger partial charge in [0.05, 0.1) is 0 Å². The normalized spacial score (nSPS) is 13.6. The summed E-state index contributed by atoms with van der Waals surface area (Å²) in [5.41, 5.74) is -0.450. The minimum atomic E-state index is -0.450. The fourth-order valence-electron chi connectivity index (χ4n) is 0.724. The lowest BCUT2D eigenvalue weighted by Gasteiger charge is -2.22. The van der Waals surface area contributed by atoms with Crippen molar-refractivity contribution < 1.29 is 9.53 Å². The van der Waals surface area contributed by atoms with Crippen molar-refractivity contribution in [3.05, 3.63) is 0 Å². The highest BCUT2D eigenvalue weighted by molar-refractivity contribution is 6.18. The Hall–Kier alpha value is -0.440. The molecule has 0 aromatic carbocycles. The molecule has 0 rings (SSSR count). The summed E-state index contributed by atoms with van der Waals surface area (Å²) in [5.74, 6) is 0.412. The van der Waals surface area contributed by atoms with Gasteiger partial charge in [0.2, 0.25) is 0 Å². The Balaban J connectivity index is 3.86. The lowest BCUT2D eigenvalue weighted by molar-refractivity contribution is 0.0508. The van der Waals surface area contributed by atoms with Crippen LogP contribution in [0.15, 0.2) is 0 Å². The zero-order valence-electron chi connectivity index (χ0n) is 8.69. The Morgan fingerprint density at radius 1 is 1.54 bits per heavy atom. The number of amides is 1. The first kappa shape index (κ1) is 12.6. The molecule has 0 spiro atoms. The number of alkyl halides is 1. The molecule has 0 radical (unpaired) electrons. The van der Waals surface area contributed by atoms with Gasteiger partial charge in [-0.25, -0.2) is 4.79 Å². The van der Waals surface area contributed by atoms with Gasteiger partial charge in [0.15, 0.2) is 0 Å². The molecule has 0 aliphatic rings. The second-order valence-corrected chi connectivity index (χ2v) is 4.21. The van der Waals surface area contributed by atoms with Crippen molar-refractivity contribution in [1.82, 2.24) is 5.32 Å². The first-order valence-electron chi connectivity index (χ1n) is 4.44. The van der Waals surface area contributed by atoms with Gasteiger partial charge in [-0.1, -0.05) is 6.92 Å². The van der Waals surface area contributed by atoms with E-state index in [0.29, 0.717) is 5.88 Å². The molecule has 13 heavy (non-hydrogen) atoms. The Morgan fingerprint density at radius 3 is 2.38 bits per heavy atom. The van der Waals surface area contributed by atoms with E-state index < -0.39 is 11.7 Å². The molecule has 1 N–H and O–H groups in total. The molecule has 3 nitrogen and oxygen atoms in total. The molecule has 0 aliphatic carbocycles. The second-order valence-electron chi connectivity index (χ2n) is 3.91. The third-order valence-corrected chi connectivity index (χ3v) is 1.77. The van der Waals surface area contributed by atoms with Crippen molar-refractivity contribution in [2.45, 2.75) is 45.8 Å². The van der Waals surface area contributed by atoms with Crippen LogP contribution in [0.3, 0.4) is 0 Å². The van der Waals surface area contributed by atoms with Crippen molar-refractivity contribution >= 4 is 17.7 Å². The summed E-state index contributed by atoms with van der Waals surface area (Å²) in [6, 6.07) is -0.00323. The molecule has 4 heteroatoms. The summed E-state index contributed by atoms with van der Waals surface area (Å²) in [6.45, 7) is 7.45. The van der Waals surface area contributed by atoms with Gasteiger partial charge in [-0.15, -0.1) is 11.6 Å². The maximum absolute atomic E-state index is 11.2. The average molecular weight is 208 g/mol. The highest BCUT2D eigenvalue weighted by atomic mass is 35.5. The smallest absolute Gasteiger partial charge is 0.407 e. The molecular weight excluding hydrogens is 190 g/mol. The second kappa shape index (κ2) is 5.32. The molecule has 0 aromatic heterocycles. The van der Waals surface area contributed by atoms with Crippen molar-refractivity contribution in [3.63, 3.8) is 0 Å². The summed E-state index contributed by atoms with van der Waals surface area (Å²) in [5, 5.41) is 2.68. The highest BCUT2D eigenvalue weighted by Gasteiger charge is 2.17. The summed E-state index contributed by atoms with van der Waals surface area (Å²) >= 11 is 5.61. The van der Waals surface area contributed by atoms with E-state index in [9.17, 15) is 4.79 Å². The quantitative estimate of drug-likeness (QED) is 0.723. The number of ether oxygens (including phenoxy) is 1. The van der Waals surface area contributed by atoms with Gasteiger partial charge in [0.1, 0.15) is 5.60 Å². The molecule has 78 valence electrons. The van der Waals surface area contributed by atoms with Gasteiger partial charge in [0.25, 0.3) is 0 Å². The first-order valence-corrected chi connectivity index (χ1v) is 4.98. The molecule has 0 heterocycles. The Kier molecular flexibility index (Phi) is 5.14. The third-order valence-electron chi connectivity index (χ3n) is 1.40. The van der Waals surface area contributed by atoms with Crippen LogP contribution < -0.4 is 5.32 Å². The SMILES string of the molecule is CC[C@@H](CCl)NC(=O)OC(C)(C)C. The van der Waals surface area contributed by atoms with Gasteiger partial charge in [-0.2, -0.15) is 0 Å². The van der Waals surface area contributed by atoms with Crippen LogP contribution in [0.2, 0.25) is 0 Å². The zero-order valence-corrected chi connectivity index (χ0v) is 9.44. The summed E-state index contributed by atoms with van der Waals surface area (Å²) in [6.07, 6.45) is 0.405. The number of hydrogen-bond donors (Lipinski definition) is 1. The van der Waals surface area contributed by atoms with Crippen molar-refractivity contribution in [2.75, 3.05) is 5.88 Å². The Labute approximate surface area is 84.8 Å². The zero-order chi connectivity index (χ0) is 10.5. The van der Waals surface area contributed by atoms with Crippen molar-refractivity contribution in [1.29, 1.82) is 0 Å². The molecule has 1 amide bonds. The largest absolute Gasteiger partial charge is 0.444 e. The number of hydrogen-bond acceptors (Lipinski definition) is 2. The predicted molar refractivity (Wildman–Crippen MR) is 54.2 cm³/mol. The number of carbonyl (C=O) groups is 1. The molecular formula is C9H18ClNO2. The third kappa shape index (κ3) is 6.70. The van der Waals surface area contributed by atoms with Gasteiger partial charge in [-0.05, 0) is 27.2 Å². The van der Waals surface area contributed by atoms with Gasteiger partial charge in [0, 0.05) is 11.9 Å². The van der Waals surface area contributed by atoms with Crippen LogP contribution in [0.5, 0.6) is 0 Å². The van der Waals surface area contributed by atoms with Crippen LogP contribution in [0.25, 0.3) is 0 Å². The van der Waals surface area contributed by atoms with Crippen LogP contribution in [0.4, 0.5) is 4.79 Å². The number of carbonyl (C=O) groups excluding carboxylic acids is 1. The summed E-state index contributed by atoms with van der Waals surface area (Å²) in [4.78, 5) is 11.2. The van der Waals surface area contributed by atoms with E-state index >= 15 is 0 Å². The van der Waals surface area contributed by atoms with E-state index in [2.05, 4.69) is 5.32 Å². The van der Waals surface area contributed by atoms with Crippen molar-refractivity contribution in [2.24, 2.45) is 0 Å². The minimum Gasteiger partial charge on any atom is -0.444 e. The van der Waals surface area contributed by atoms with E-state index in [1.54, 1.807) is 0 Å².